The number of phosphoric acid groups is 1. The normalized spacial score (nSPS) is 23.5. The van der Waals surface area contributed by atoms with E-state index in [2.05, 4.69) is 41.8 Å². The Labute approximate surface area is 173 Å². The monoisotopic (exact) mass is 439 g/mol. The van der Waals surface area contributed by atoms with Gasteiger partial charge in [-0.2, -0.15) is 0 Å². The van der Waals surface area contributed by atoms with Gasteiger partial charge in [-0.1, -0.05) is 73.4 Å². The van der Waals surface area contributed by atoms with Crippen LogP contribution in [0.2, 0.25) is 0 Å². The van der Waals surface area contributed by atoms with Crippen molar-refractivity contribution < 1.29 is 23.7 Å². The van der Waals surface area contributed by atoms with Gasteiger partial charge in [0.25, 0.3) is 0 Å². The lowest BCUT2D eigenvalue weighted by Crippen LogP contribution is -2.34. The standard InChI is InChI=1S/C19H22NO5PS2/c1-2-13-7-8-14(16-6-4-3-5-15(13)16)9-10-17-18(21)20(19(27)28-17)11-12-25-26(22,23)24/h3-9,13,17H,2,10-12H2,1H3,(H2,22,23,24)/b14-9-. The molecule has 2 unspecified atom stereocenters. The zero-order valence-corrected chi connectivity index (χ0v) is 17.9. The van der Waals surface area contributed by atoms with Gasteiger partial charge in [0.05, 0.1) is 18.4 Å². The largest absolute Gasteiger partial charge is 0.469 e. The van der Waals surface area contributed by atoms with Crippen molar-refractivity contribution in [3.8, 4) is 0 Å². The van der Waals surface area contributed by atoms with Gasteiger partial charge in [-0.3, -0.25) is 14.2 Å². The van der Waals surface area contributed by atoms with Crippen LogP contribution in [0.1, 0.15) is 36.8 Å². The van der Waals surface area contributed by atoms with E-state index in [-0.39, 0.29) is 24.3 Å². The first-order valence-electron chi connectivity index (χ1n) is 9.00. The second kappa shape index (κ2) is 9.03. The fraction of sp³-hybridized carbons (Fsp3) is 0.368. The number of hydrogen-bond donors (Lipinski definition) is 2. The van der Waals surface area contributed by atoms with Crippen molar-refractivity contribution in [2.75, 3.05) is 13.2 Å². The third kappa shape index (κ3) is 5.00. The number of thioether (sulfide) groups is 1. The van der Waals surface area contributed by atoms with E-state index in [9.17, 15) is 9.36 Å². The number of nitrogens with zero attached hydrogens (tertiary/aromatic N) is 1. The molecule has 3 rings (SSSR count). The van der Waals surface area contributed by atoms with Crippen molar-refractivity contribution in [2.45, 2.75) is 30.9 Å². The third-order valence-electron chi connectivity index (χ3n) is 4.75. The summed E-state index contributed by atoms with van der Waals surface area (Å²) in [7, 11) is -4.55. The molecule has 1 aliphatic carbocycles. The van der Waals surface area contributed by atoms with Crippen molar-refractivity contribution >= 4 is 47.6 Å². The first-order valence-corrected chi connectivity index (χ1v) is 11.8. The van der Waals surface area contributed by atoms with Crippen LogP contribution in [0.25, 0.3) is 5.57 Å². The van der Waals surface area contributed by atoms with E-state index in [1.54, 1.807) is 0 Å². The number of allylic oxidation sites excluding steroid dienone is 4. The average Bonchev–Trinajstić information content (AvgIpc) is 2.92. The summed E-state index contributed by atoms with van der Waals surface area (Å²) in [5.41, 5.74) is 3.60. The third-order valence-corrected chi connectivity index (χ3v) is 6.88. The van der Waals surface area contributed by atoms with Crippen LogP contribution in [-0.2, 0) is 13.9 Å². The molecule has 0 saturated carbocycles. The highest BCUT2D eigenvalue weighted by atomic mass is 32.2. The minimum atomic E-state index is -4.55. The molecule has 1 aromatic carbocycles. The van der Waals surface area contributed by atoms with Crippen LogP contribution in [0.3, 0.4) is 0 Å². The van der Waals surface area contributed by atoms with Gasteiger partial charge in [0.1, 0.15) is 4.32 Å². The average molecular weight is 439 g/mol. The Kier molecular flexibility index (Phi) is 6.91. The van der Waals surface area contributed by atoms with Crippen LogP contribution in [0.5, 0.6) is 0 Å². The molecule has 0 spiro atoms. The molecule has 1 aliphatic heterocycles. The molecular weight excluding hydrogens is 417 g/mol. The van der Waals surface area contributed by atoms with Gasteiger partial charge in [0, 0.05) is 5.92 Å². The molecule has 0 aromatic heterocycles. The molecule has 2 N–H and O–H groups in total. The van der Waals surface area contributed by atoms with Gasteiger partial charge < -0.3 is 9.79 Å². The lowest BCUT2D eigenvalue weighted by Gasteiger charge is -2.21. The molecule has 1 amide bonds. The lowest BCUT2D eigenvalue weighted by molar-refractivity contribution is -0.126. The fourth-order valence-electron chi connectivity index (χ4n) is 3.37. The molecule has 9 heteroatoms. The maximum absolute atomic E-state index is 12.6. The number of benzene rings is 1. The van der Waals surface area contributed by atoms with E-state index >= 15 is 0 Å². The van der Waals surface area contributed by atoms with Crippen molar-refractivity contribution in [2.24, 2.45) is 0 Å². The second-order valence-corrected chi connectivity index (χ2v) is 9.62. The van der Waals surface area contributed by atoms with Gasteiger partial charge >= 0.3 is 7.82 Å². The summed E-state index contributed by atoms with van der Waals surface area (Å²) < 4.78 is 15.6. The molecule has 2 atom stereocenters. The Morgan fingerprint density at radius 3 is 2.82 bits per heavy atom. The van der Waals surface area contributed by atoms with Crippen LogP contribution in [0.15, 0.2) is 42.5 Å². The lowest BCUT2D eigenvalue weighted by atomic mass is 9.83. The fourth-order valence-corrected chi connectivity index (χ4v) is 5.19. The minimum absolute atomic E-state index is 0.0315. The van der Waals surface area contributed by atoms with E-state index in [1.807, 2.05) is 12.1 Å². The van der Waals surface area contributed by atoms with Crippen LogP contribution in [-0.4, -0.2) is 43.3 Å². The molecule has 1 saturated heterocycles. The van der Waals surface area contributed by atoms with Gasteiger partial charge in [0.2, 0.25) is 5.91 Å². The van der Waals surface area contributed by atoms with Crippen molar-refractivity contribution in [3.63, 3.8) is 0 Å². The van der Waals surface area contributed by atoms with Gasteiger partial charge in [-0.05, 0) is 29.5 Å². The molecule has 2 aliphatic rings. The number of amides is 1. The topological polar surface area (TPSA) is 87.1 Å². The maximum atomic E-state index is 12.6. The Morgan fingerprint density at radius 1 is 1.36 bits per heavy atom. The predicted octanol–water partition coefficient (Wildman–Crippen LogP) is 3.86. The SMILES string of the molecule is CCC1C=C/C(=C/CC2SC(=S)N(CCOP(=O)(O)O)C2=O)c2ccccc21. The molecular formula is C19H22NO5PS2. The molecule has 1 fully saturated rings. The number of hydrogen-bond acceptors (Lipinski definition) is 5. The number of carbonyl (C=O) groups excluding carboxylic acids is 1. The summed E-state index contributed by atoms with van der Waals surface area (Å²) >= 11 is 6.55. The van der Waals surface area contributed by atoms with Crippen molar-refractivity contribution in [1.82, 2.24) is 4.90 Å². The number of rotatable bonds is 7. The highest BCUT2D eigenvalue weighted by Gasteiger charge is 2.36. The molecule has 1 heterocycles. The number of thiocarbonyl (C=S) groups is 1. The summed E-state index contributed by atoms with van der Waals surface area (Å²) in [6.45, 7) is 1.93. The summed E-state index contributed by atoms with van der Waals surface area (Å²) in [4.78, 5) is 31.5. The van der Waals surface area contributed by atoms with Crippen LogP contribution in [0, 0.1) is 0 Å². The van der Waals surface area contributed by atoms with E-state index in [1.165, 1.54) is 27.8 Å². The molecule has 0 radical (unpaired) electrons. The summed E-state index contributed by atoms with van der Waals surface area (Å²) in [6.07, 6.45) is 7.95. The Morgan fingerprint density at radius 2 is 2.11 bits per heavy atom. The zero-order chi connectivity index (χ0) is 20.3. The van der Waals surface area contributed by atoms with Crippen LogP contribution >= 0.6 is 31.8 Å². The zero-order valence-electron chi connectivity index (χ0n) is 15.4. The number of phosphoric ester groups is 1. The second-order valence-electron chi connectivity index (χ2n) is 6.54. The Bertz CT molecular complexity index is 879. The predicted molar refractivity (Wildman–Crippen MR) is 115 cm³/mol. The highest BCUT2D eigenvalue weighted by molar-refractivity contribution is 8.24. The molecule has 28 heavy (non-hydrogen) atoms. The first-order chi connectivity index (χ1) is 13.3. The summed E-state index contributed by atoms with van der Waals surface area (Å²) in [5.74, 6) is 0.258. The number of carbonyl (C=O) groups is 1. The van der Waals surface area contributed by atoms with Gasteiger partial charge in [-0.15, -0.1) is 0 Å². The molecule has 150 valence electrons. The van der Waals surface area contributed by atoms with E-state index in [4.69, 9.17) is 22.0 Å². The van der Waals surface area contributed by atoms with Crippen molar-refractivity contribution in [1.29, 1.82) is 0 Å². The van der Waals surface area contributed by atoms with Gasteiger partial charge in [0.15, 0.2) is 0 Å². The quantitative estimate of drug-likeness (QED) is 0.493. The van der Waals surface area contributed by atoms with Crippen molar-refractivity contribution in [3.05, 3.63) is 53.6 Å². The van der Waals surface area contributed by atoms with E-state index < -0.39 is 7.82 Å². The number of fused-ring (bicyclic) bond motifs is 1. The summed E-state index contributed by atoms with van der Waals surface area (Å²) in [5, 5.41) is -0.334. The van der Waals surface area contributed by atoms with E-state index in [0.717, 1.165) is 12.0 Å². The minimum Gasteiger partial charge on any atom is -0.303 e. The van der Waals surface area contributed by atoms with Crippen LogP contribution < -0.4 is 0 Å². The smallest absolute Gasteiger partial charge is 0.303 e. The summed E-state index contributed by atoms with van der Waals surface area (Å²) in [6, 6.07) is 8.32. The van der Waals surface area contributed by atoms with E-state index in [0.29, 0.717) is 16.7 Å². The first kappa shape index (κ1) is 21.4. The Balaban J connectivity index is 1.67. The molecule has 0 bridgehead atoms. The maximum Gasteiger partial charge on any atom is 0.469 e. The van der Waals surface area contributed by atoms with Gasteiger partial charge in [-0.25, -0.2) is 4.57 Å². The molecule has 6 nitrogen and oxygen atoms in total. The highest BCUT2D eigenvalue weighted by Crippen LogP contribution is 2.38. The van der Waals surface area contributed by atoms with Crippen LogP contribution in [0.4, 0.5) is 0 Å². The molecule has 1 aromatic rings. The Hall–Kier alpha value is -1.28.